The predicted molar refractivity (Wildman–Crippen MR) is 118 cm³/mol. The molecule has 1 amide bonds. The zero-order chi connectivity index (χ0) is 21.2. The van der Waals surface area contributed by atoms with Gasteiger partial charge in [0.05, 0.1) is 21.8 Å². The summed E-state index contributed by atoms with van der Waals surface area (Å²) in [7, 11) is 0. The van der Waals surface area contributed by atoms with Crippen molar-refractivity contribution in [3.8, 4) is 22.7 Å². The van der Waals surface area contributed by atoms with Crippen molar-refractivity contribution >= 4 is 17.2 Å². The fraction of sp³-hybridized carbons (Fsp3) is 0.261. The molecule has 31 heavy (non-hydrogen) atoms. The van der Waals surface area contributed by atoms with Crippen LogP contribution in [-0.4, -0.2) is 44.0 Å². The van der Waals surface area contributed by atoms with Crippen LogP contribution in [0.15, 0.2) is 58.8 Å². The normalized spacial score (nSPS) is 14.7. The lowest BCUT2D eigenvalue weighted by Crippen LogP contribution is -2.37. The van der Waals surface area contributed by atoms with Gasteiger partial charge in [0.1, 0.15) is 0 Å². The molecule has 4 aromatic rings. The minimum atomic E-state index is 0.110. The highest BCUT2D eigenvalue weighted by Gasteiger charge is 2.29. The zero-order valence-corrected chi connectivity index (χ0v) is 17.9. The molecule has 1 saturated heterocycles. The molecule has 0 aliphatic carbocycles. The fourth-order valence-electron chi connectivity index (χ4n) is 3.93. The summed E-state index contributed by atoms with van der Waals surface area (Å²) in [5.74, 6) is 1.62. The monoisotopic (exact) mass is 431 g/mol. The summed E-state index contributed by atoms with van der Waals surface area (Å²) in [6.45, 7) is 3.29. The molecule has 0 spiro atoms. The maximum atomic E-state index is 12.7. The predicted octanol–water partition coefficient (Wildman–Crippen LogP) is 4.58. The number of aromatic nitrogens is 4. The van der Waals surface area contributed by atoms with Crippen molar-refractivity contribution in [3.05, 3.63) is 70.6 Å². The average molecular weight is 432 g/mol. The number of hydrogen-bond donors (Lipinski definition) is 0. The highest BCUT2D eigenvalue weighted by Crippen LogP contribution is 2.35. The van der Waals surface area contributed by atoms with Gasteiger partial charge in [0.25, 0.3) is 5.91 Å². The third kappa shape index (κ3) is 3.98. The van der Waals surface area contributed by atoms with E-state index in [0.29, 0.717) is 24.7 Å². The molecule has 7 nitrogen and oxygen atoms in total. The van der Waals surface area contributed by atoms with E-state index < -0.39 is 0 Å². The minimum Gasteiger partial charge on any atom is -0.356 e. The van der Waals surface area contributed by atoms with E-state index in [-0.39, 0.29) is 11.8 Å². The van der Waals surface area contributed by atoms with Crippen LogP contribution in [0, 0.1) is 6.92 Å². The van der Waals surface area contributed by atoms with Gasteiger partial charge in [-0.3, -0.25) is 9.78 Å². The van der Waals surface area contributed by atoms with Gasteiger partial charge in [0, 0.05) is 49.2 Å². The third-order valence-electron chi connectivity index (χ3n) is 5.53. The molecular formula is C23H21N5O2S. The van der Waals surface area contributed by atoms with E-state index >= 15 is 0 Å². The van der Waals surface area contributed by atoms with Crippen LogP contribution < -0.4 is 0 Å². The molecule has 0 N–H and O–H groups in total. The standard InChI is InChI=1S/C23H21N5O2S/c1-15-12-19(30-27-15)18-14-25-22(17-4-2-8-24-13-17)26-21(18)16-6-9-28(10-7-16)23(29)20-5-3-11-31-20/h2-5,8,11-14,16H,6-7,9-10H2,1H3. The minimum absolute atomic E-state index is 0.110. The van der Waals surface area contributed by atoms with E-state index in [9.17, 15) is 4.79 Å². The second kappa shape index (κ2) is 8.39. The molecule has 4 aromatic heterocycles. The molecule has 5 rings (SSSR count). The highest BCUT2D eigenvalue weighted by atomic mass is 32.1. The molecule has 0 radical (unpaired) electrons. The molecule has 5 heterocycles. The Morgan fingerprint density at radius 3 is 2.74 bits per heavy atom. The Kier molecular flexibility index (Phi) is 5.30. The zero-order valence-electron chi connectivity index (χ0n) is 17.1. The number of likely N-dealkylation sites (tertiary alicyclic amines) is 1. The lowest BCUT2D eigenvalue weighted by molar-refractivity contribution is 0.0717. The molecule has 156 valence electrons. The number of carbonyl (C=O) groups is 1. The average Bonchev–Trinajstić information content (AvgIpc) is 3.51. The van der Waals surface area contributed by atoms with E-state index in [1.54, 1.807) is 12.4 Å². The number of thiophene rings is 1. The first-order chi connectivity index (χ1) is 15.2. The molecule has 0 aromatic carbocycles. The molecule has 1 fully saturated rings. The number of hydrogen-bond acceptors (Lipinski definition) is 7. The lowest BCUT2D eigenvalue weighted by atomic mass is 9.90. The van der Waals surface area contributed by atoms with Crippen molar-refractivity contribution < 1.29 is 9.32 Å². The van der Waals surface area contributed by atoms with Gasteiger partial charge in [-0.1, -0.05) is 11.2 Å². The van der Waals surface area contributed by atoms with Crippen molar-refractivity contribution in [1.82, 2.24) is 25.0 Å². The Labute approximate surface area is 183 Å². The van der Waals surface area contributed by atoms with Gasteiger partial charge in [0.2, 0.25) is 0 Å². The Morgan fingerprint density at radius 2 is 2.06 bits per heavy atom. The van der Waals surface area contributed by atoms with Crippen molar-refractivity contribution in [2.24, 2.45) is 0 Å². The number of nitrogens with zero attached hydrogens (tertiary/aromatic N) is 5. The number of piperidine rings is 1. The van der Waals surface area contributed by atoms with E-state index in [1.165, 1.54) is 11.3 Å². The Morgan fingerprint density at radius 1 is 1.19 bits per heavy atom. The summed E-state index contributed by atoms with van der Waals surface area (Å²) in [6, 6.07) is 9.53. The van der Waals surface area contributed by atoms with Crippen molar-refractivity contribution in [1.29, 1.82) is 0 Å². The van der Waals surface area contributed by atoms with E-state index in [0.717, 1.165) is 40.2 Å². The first-order valence-corrected chi connectivity index (χ1v) is 11.1. The molecule has 0 saturated carbocycles. The van der Waals surface area contributed by atoms with Gasteiger partial charge in [0.15, 0.2) is 11.6 Å². The van der Waals surface area contributed by atoms with Crippen LogP contribution in [0.5, 0.6) is 0 Å². The van der Waals surface area contributed by atoms with Gasteiger partial charge in [-0.05, 0) is 43.3 Å². The van der Waals surface area contributed by atoms with Gasteiger partial charge >= 0.3 is 0 Å². The smallest absolute Gasteiger partial charge is 0.263 e. The highest BCUT2D eigenvalue weighted by molar-refractivity contribution is 7.12. The number of rotatable bonds is 4. The largest absolute Gasteiger partial charge is 0.356 e. The maximum absolute atomic E-state index is 12.7. The van der Waals surface area contributed by atoms with Gasteiger partial charge in [-0.25, -0.2) is 9.97 Å². The molecule has 0 bridgehead atoms. The number of amides is 1. The maximum Gasteiger partial charge on any atom is 0.263 e. The summed E-state index contributed by atoms with van der Waals surface area (Å²) in [4.78, 5) is 29.1. The third-order valence-corrected chi connectivity index (χ3v) is 6.39. The van der Waals surface area contributed by atoms with E-state index in [4.69, 9.17) is 9.51 Å². The molecule has 0 atom stereocenters. The summed E-state index contributed by atoms with van der Waals surface area (Å²) in [6.07, 6.45) is 6.98. The van der Waals surface area contributed by atoms with Crippen LogP contribution in [-0.2, 0) is 0 Å². The van der Waals surface area contributed by atoms with Crippen molar-refractivity contribution in [3.63, 3.8) is 0 Å². The van der Waals surface area contributed by atoms with Crippen LogP contribution in [0.25, 0.3) is 22.7 Å². The molecule has 0 unspecified atom stereocenters. The summed E-state index contributed by atoms with van der Waals surface area (Å²) >= 11 is 1.49. The summed E-state index contributed by atoms with van der Waals surface area (Å²) < 4.78 is 5.53. The summed E-state index contributed by atoms with van der Waals surface area (Å²) in [5.41, 5.74) is 3.48. The first-order valence-electron chi connectivity index (χ1n) is 10.2. The summed E-state index contributed by atoms with van der Waals surface area (Å²) in [5, 5.41) is 5.97. The van der Waals surface area contributed by atoms with Crippen LogP contribution in [0.3, 0.4) is 0 Å². The molecule has 1 aliphatic rings. The second-order valence-corrected chi connectivity index (χ2v) is 8.56. The Bertz CT molecular complexity index is 1180. The van der Waals surface area contributed by atoms with Crippen LogP contribution in [0.4, 0.5) is 0 Å². The quantitative estimate of drug-likeness (QED) is 0.470. The van der Waals surface area contributed by atoms with Gasteiger partial charge in [-0.2, -0.15) is 0 Å². The van der Waals surface area contributed by atoms with Crippen molar-refractivity contribution in [2.75, 3.05) is 13.1 Å². The second-order valence-electron chi connectivity index (χ2n) is 7.61. The molecule has 1 aliphatic heterocycles. The molecule has 8 heteroatoms. The number of pyridine rings is 1. The van der Waals surface area contributed by atoms with Crippen LogP contribution in [0.2, 0.25) is 0 Å². The lowest BCUT2D eigenvalue weighted by Gasteiger charge is -2.32. The van der Waals surface area contributed by atoms with Crippen molar-refractivity contribution in [2.45, 2.75) is 25.7 Å². The number of carbonyl (C=O) groups excluding carboxylic acids is 1. The van der Waals surface area contributed by atoms with Crippen LogP contribution >= 0.6 is 11.3 Å². The Hall–Kier alpha value is -3.39. The number of aryl methyl sites for hydroxylation is 1. The SMILES string of the molecule is Cc1cc(-c2cnc(-c3cccnc3)nc2C2CCN(C(=O)c3cccs3)CC2)on1. The van der Waals surface area contributed by atoms with E-state index in [1.807, 2.05) is 53.7 Å². The molecular weight excluding hydrogens is 410 g/mol. The topological polar surface area (TPSA) is 85.0 Å². The van der Waals surface area contributed by atoms with Gasteiger partial charge < -0.3 is 9.42 Å². The fourth-order valence-corrected chi connectivity index (χ4v) is 4.62. The van der Waals surface area contributed by atoms with E-state index in [2.05, 4.69) is 15.1 Å². The first kappa shape index (κ1) is 19.6. The van der Waals surface area contributed by atoms with Crippen LogP contribution in [0.1, 0.15) is 39.8 Å². The Balaban J connectivity index is 1.45. The van der Waals surface area contributed by atoms with Gasteiger partial charge in [-0.15, -0.1) is 11.3 Å².